The maximum atomic E-state index is 5.69. The molecule has 0 saturated carbocycles. The van der Waals surface area contributed by atoms with E-state index in [9.17, 15) is 0 Å². The molecule has 0 fully saturated rings. The summed E-state index contributed by atoms with van der Waals surface area (Å²) >= 11 is 7.80. The third-order valence-corrected chi connectivity index (χ3v) is 2.07. The molecule has 3 atom stereocenters. The van der Waals surface area contributed by atoms with E-state index >= 15 is 0 Å². The number of alkyl halides is 2. The van der Waals surface area contributed by atoms with Gasteiger partial charge in [-0.3, -0.25) is 5.73 Å². The van der Waals surface area contributed by atoms with Crippen molar-refractivity contribution in [3.8, 4) is 0 Å². The summed E-state index contributed by atoms with van der Waals surface area (Å²) in [5, 5.41) is 0. The number of halogens is 2. The van der Waals surface area contributed by atoms with E-state index in [0.29, 0.717) is 0 Å². The molecule has 0 aliphatic rings. The number of hydrogen-bond donors (Lipinski definition) is 1. The molecule has 0 rings (SSSR count). The first kappa shape index (κ1) is 17.0. The Hall–Kier alpha value is 1.64. The summed E-state index contributed by atoms with van der Waals surface area (Å²) in [6, 6.07) is 0.0990. The Kier molecular flexibility index (Phi) is 11.7. The molecule has 0 aromatic carbocycles. The monoisotopic (exact) mass is 535 g/mol. The van der Waals surface area contributed by atoms with E-state index in [2.05, 4.69) is 29.2 Å². The summed E-state index contributed by atoms with van der Waals surface area (Å²) in [7, 11) is 5.57. The van der Waals surface area contributed by atoms with Gasteiger partial charge in [0.1, 0.15) is 0 Å². The molecule has 0 spiro atoms. The van der Waals surface area contributed by atoms with Gasteiger partial charge in [-0.2, -0.15) is 0 Å². The molecule has 2 radical (unpaired) electrons. The molecule has 0 amide bonds. The quantitative estimate of drug-likeness (QED) is 0.144. The van der Waals surface area contributed by atoms with Gasteiger partial charge in [-0.15, -0.1) is 26.4 Å². The topological polar surface area (TPSA) is 29.3 Å². The zero-order valence-corrected chi connectivity index (χ0v) is 14.5. The molecule has 0 heterocycles. The van der Waals surface area contributed by atoms with Gasteiger partial charge in [-0.1, -0.05) is 31.1 Å². The van der Waals surface area contributed by atoms with E-state index in [1.165, 1.54) is 0 Å². The van der Waals surface area contributed by atoms with E-state index < -0.39 is 5.62 Å². The van der Waals surface area contributed by atoms with E-state index in [4.69, 9.17) is 25.2 Å². The Labute approximate surface area is 124 Å². The molecule has 0 aliphatic carbocycles. The summed E-state index contributed by atoms with van der Waals surface area (Å²) in [6.45, 7) is 5.57. The Morgan fingerprint density at radius 1 is 1.77 bits per heavy atom. The molecule has 6 heteroatoms. The first-order valence-electron chi connectivity index (χ1n) is 3.53. The third kappa shape index (κ3) is 7.55. The maximum absolute atomic E-state index is 5.69. The van der Waals surface area contributed by atoms with Crippen LogP contribution < -0.4 is 5.73 Å². The van der Waals surface area contributed by atoms with Gasteiger partial charge in [0.05, 0.1) is 0 Å². The second-order valence-electron chi connectivity index (χ2n) is 2.38. The molecule has 0 aliphatic heterocycles. The predicted molar refractivity (Wildman–Crippen MR) is 63.2 cm³/mol. The molecule has 0 aromatic rings. The summed E-state index contributed by atoms with van der Waals surface area (Å²) in [6.07, 6.45) is 3.54. The standard InChI is InChI=1S/C7H12BClIN2.U/c1-3-12(7(9)11)5(2)4-6(8)10;/h3-7H,1,11H2,2H3;/q-1;/t5-,6?,7-;/m1./s1. The van der Waals surface area contributed by atoms with Crippen molar-refractivity contribution in [3.63, 3.8) is 0 Å². The van der Waals surface area contributed by atoms with Crippen LogP contribution in [0.5, 0.6) is 0 Å². The Balaban J connectivity index is 0. The van der Waals surface area contributed by atoms with Gasteiger partial charge in [-0.05, 0) is 6.20 Å². The van der Waals surface area contributed by atoms with Gasteiger partial charge in [0.25, 0.3) is 0 Å². The molecule has 2 N–H and O–H groups in total. The van der Waals surface area contributed by atoms with Crippen LogP contribution in [0.2, 0.25) is 0 Å². The van der Waals surface area contributed by atoms with Crippen molar-refractivity contribution in [2.24, 2.45) is 5.73 Å². The normalized spacial score (nSPS) is 16.6. The van der Waals surface area contributed by atoms with E-state index in [1.807, 2.05) is 13.3 Å². The average Bonchev–Trinajstić information content (AvgIpc) is 1.85. The minimum Gasteiger partial charge on any atom is -0.378 e. The van der Waals surface area contributed by atoms with Gasteiger partial charge < -0.3 is 11.3 Å². The molecular weight excluding hydrogens is 523 g/mol. The summed E-state index contributed by atoms with van der Waals surface area (Å²) in [5.74, 6) is 0. The van der Waals surface area contributed by atoms with Crippen molar-refractivity contribution in [1.82, 2.24) is 4.90 Å². The molecule has 0 saturated heterocycles. The Morgan fingerprint density at radius 3 is 2.46 bits per heavy atom. The first-order chi connectivity index (χ1) is 5.49. The fourth-order valence-corrected chi connectivity index (χ4v) is 1.72. The van der Waals surface area contributed by atoms with Crippen molar-refractivity contribution in [2.75, 3.05) is 0 Å². The van der Waals surface area contributed by atoms with Crippen molar-refractivity contribution in [1.29, 1.82) is 0 Å². The third-order valence-electron chi connectivity index (χ3n) is 1.43. The van der Waals surface area contributed by atoms with Crippen molar-refractivity contribution >= 4 is 42.0 Å². The molecule has 0 aromatic heterocycles. The number of hydrogen-bond acceptors (Lipinski definition) is 2. The van der Waals surface area contributed by atoms with E-state index in [1.54, 1.807) is 11.1 Å². The fourth-order valence-electron chi connectivity index (χ4n) is 0.857. The molecular formula is C7H12BClIN2U-. The molecule has 72 valence electrons. The minimum atomic E-state index is -0.552. The van der Waals surface area contributed by atoms with Gasteiger partial charge in [0, 0.05) is 39.0 Å². The van der Waals surface area contributed by atoms with E-state index in [0.717, 1.165) is 0 Å². The number of nitrogens with two attached hydrogens (primary N) is 1. The van der Waals surface area contributed by atoms with Gasteiger partial charge in [-0.25, -0.2) is 0 Å². The molecule has 1 unspecified atom stereocenters. The molecule has 2 nitrogen and oxygen atoms in total. The van der Waals surface area contributed by atoms with Crippen LogP contribution in [-0.2, 0) is 0 Å². The molecule has 13 heavy (non-hydrogen) atoms. The summed E-state index contributed by atoms with van der Waals surface area (Å²) in [5.41, 5.74) is 4.93. The smallest absolute Gasteiger partial charge is 0.152 e. The average molecular weight is 535 g/mol. The summed E-state index contributed by atoms with van der Waals surface area (Å²) < 4.78 is -0.00420. The van der Waals surface area contributed by atoms with Crippen LogP contribution in [-0.4, -0.2) is 28.2 Å². The van der Waals surface area contributed by atoms with Crippen LogP contribution in [0.15, 0.2) is 12.8 Å². The number of rotatable bonds is 5. The van der Waals surface area contributed by atoms with Crippen molar-refractivity contribution < 1.29 is 31.1 Å². The van der Waals surface area contributed by atoms with Crippen LogP contribution >= 0.6 is 34.2 Å². The second-order valence-corrected chi connectivity index (χ2v) is 4.27. The SMILES string of the molecule is [B]C(I)[CH-][C@@H](C)N(C=C)[C@@H](N)Cl.[U]. The van der Waals surface area contributed by atoms with Gasteiger partial charge in [0.15, 0.2) is 5.62 Å². The van der Waals surface area contributed by atoms with Gasteiger partial charge in [0.2, 0.25) is 0 Å². The van der Waals surface area contributed by atoms with E-state index in [-0.39, 0.29) is 41.0 Å². The van der Waals surface area contributed by atoms with Crippen LogP contribution in [0.3, 0.4) is 0 Å². The summed E-state index contributed by atoms with van der Waals surface area (Å²) in [4.78, 5) is 1.72. The van der Waals surface area contributed by atoms with Crippen molar-refractivity contribution in [3.05, 3.63) is 19.2 Å². The van der Waals surface area contributed by atoms with Crippen LogP contribution in [0.4, 0.5) is 0 Å². The Morgan fingerprint density at radius 2 is 2.23 bits per heavy atom. The minimum absolute atomic E-state index is 0. The zero-order valence-electron chi connectivity index (χ0n) is 7.45. The first-order valence-corrected chi connectivity index (χ1v) is 5.21. The van der Waals surface area contributed by atoms with Gasteiger partial charge >= 0.3 is 0 Å². The van der Waals surface area contributed by atoms with Crippen LogP contribution in [0, 0.1) is 37.5 Å². The largest absolute Gasteiger partial charge is 0.378 e. The molecule has 0 bridgehead atoms. The predicted octanol–water partition coefficient (Wildman–Crippen LogP) is 1.44. The fraction of sp³-hybridized carbons (Fsp3) is 0.571. The van der Waals surface area contributed by atoms with Crippen LogP contribution in [0.25, 0.3) is 0 Å². The maximum Gasteiger partial charge on any atom is 0.152 e. The zero-order chi connectivity index (χ0) is 9.72. The number of nitrogens with zero attached hydrogens (tertiary/aromatic N) is 1. The van der Waals surface area contributed by atoms with Crippen molar-refractivity contribution in [2.45, 2.75) is 22.4 Å². The van der Waals surface area contributed by atoms with Crippen LogP contribution in [0.1, 0.15) is 6.92 Å². The second kappa shape index (κ2) is 8.91. The Bertz CT molecular complexity index is 148.